The van der Waals surface area contributed by atoms with Crippen LogP contribution in [-0.2, 0) is 6.54 Å². The molecule has 0 aliphatic carbocycles. The molecule has 1 atom stereocenters. The van der Waals surface area contributed by atoms with Gasteiger partial charge in [-0.05, 0) is 24.3 Å². The maximum Gasteiger partial charge on any atom is 0.127 e. The van der Waals surface area contributed by atoms with Gasteiger partial charge in [0.25, 0.3) is 0 Å². The molecule has 1 aliphatic heterocycles. The normalized spacial score (nSPS) is 17.4. The lowest BCUT2D eigenvalue weighted by Gasteiger charge is -2.27. The van der Waals surface area contributed by atoms with E-state index in [1.165, 1.54) is 6.07 Å². The quantitative estimate of drug-likeness (QED) is 0.919. The fourth-order valence-electron chi connectivity index (χ4n) is 2.45. The Balaban J connectivity index is 1.77. The molecule has 104 valence electrons. The van der Waals surface area contributed by atoms with Crippen molar-refractivity contribution < 1.29 is 9.13 Å². The summed E-state index contributed by atoms with van der Waals surface area (Å²) in [6.45, 7) is 1.15. The van der Waals surface area contributed by atoms with E-state index in [0.29, 0.717) is 23.7 Å². The van der Waals surface area contributed by atoms with E-state index in [9.17, 15) is 4.39 Å². The SMILES string of the molecule is Fc1ccccc1CNC1CCOc2ccc(Cl)cc21. The van der Waals surface area contributed by atoms with Crippen molar-refractivity contribution in [3.8, 4) is 5.75 Å². The summed E-state index contributed by atoms with van der Waals surface area (Å²) in [5.74, 6) is 0.671. The van der Waals surface area contributed by atoms with E-state index >= 15 is 0 Å². The highest BCUT2D eigenvalue weighted by Crippen LogP contribution is 2.34. The van der Waals surface area contributed by atoms with Gasteiger partial charge in [-0.3, -0.25) is 0 Å². The van der Waals surface area contributed by atoms with Crippen LogP contribution in [0, 0.1) is 5.82 Å². The lowest BCUT2D eigenvalue weighted by atomic mass is 10.00. The highest BCUT2D eigenvalue weighted by Gasteiger charge is 2.21. The number of hydrogen-bond donors (Lipinski definition) is 1. The average molecular weight is 292 g/mol. The number of rotatable bonds is 3. The third-order valence-electron chi connectivity index (χ3n) is 3.51. The highest BCUT2D eigenvalue weighted by atomic mass is 35.5. The monoisotopic (exact) mass is 291 g/mol. The van der Waals surface area contributed by atoms with E-state index in [4.69, 9.17) is 16.3 Å². The van der Waals surface area contributed by atoms with Gasteiger partial charge >= 0.3 is 0 Å². The van der Waals surface area contributed by atoms with Gasteiger partial charge in [0.1, 0.15) is 11.6 Å². The minimum absolute atomic E-state index is 0.136. The number of ether oxygens (including phenoxy) is 1. The lowest BCUT2D eigenvalue weighted by Crippen LogP contribution is -2.27. The number of nitrogens with one attached hydrogen (secondary N) is 1. The Morgan fingerprint density at radius 1 is 1.25 bits per heavy atom. The van der Waals surface area contributed by atoms with Gasteiger partial charge in [-0.2, -0.15) is 0 Å². The van der Waals surface area contributed by atoms with Gasteiger partial charge in [-0.1, -0.05) is 29.8 Å². The molecule has 1 aliphatic rings. The Bertz CT molecular complexity index is 617. The first-order chi connectivity index (χ1) is 9.74. The van der Waals surface area contributed by atoms with Crippen LogP contribution in [0.2, 0.25) is 5.02 Å². The molecule has 2 aromatic rings. The fourth-order valence-corrected chi connectivity index (χ4v) is 2.63. The molecule has 2 nitrogen and oxygen atoms in total. The molecular formula is C16H15ClFNO. The minimum atomic E-state index is -0.182. The first-order valence-corrected chi connectivity index (χ1v) is 7.01. The van der Waals surface area contributed by atoms with Gasteiger partial charge in [-0.25, -0.2) is 4.39 Å². The summed E-state index contributed by atoms with van der Waals surface area (Å²) in [6, 6.07) is 12.6. The first kappa shape index (κ1) is 13.4. The van der Waals surface area contributed by atoms with Crippen molar-refractivity contribution in [2.24, 2.45) is 0 Å². The summed E-state index contributed by atoms with van der Waals surface area (Å²) in [5.41, 5.74) is 1.71. The van der Waals surface area contributed by atoms with Gasteiger partial charge in [0.15, 0.2) is 0 Å². The van der Waals surface area contributed by atoms with E-state index in [0.717, 1.165) is 17.7 Å². The molecule has 0 saturated heterocycles. The molecule has 0 aromatic heterocycles. The van der Waals surface area contributed by atoms with Crippen molar-refractivity contribution >= 4 is 11.6 Å². The van der Waals surface area contributed by atoms with Crippen molar-refractivity contribution in [3.63, 3.8) is 0 Å². The van der Waals surface area contributed by atoms with Crippen molar-refractivity contribution in [3.05, 3.63) is 64.4 Å². The topological polar surface area (TPSA) is 21.3 Å². The Morgan fingerprint density at radius 3 is 2.95 bits per heavy atom. The zero-order valence-electron chi connectivity index (χ0n) is 10.9. The summed E-state index contributed by atoms with van der Waals surface area (Å²) in [5, 5.41) is 4.07. The van der Waals surface area contributed by atoms with Crippen LogP contribution in [0.4, 0.5) is 4.39 Å². The summed E-state index contributed by atoms with van der Waals surface area (Å²) in [4.78, 5) is 0. The van der Waals surface area contributed by atoms with E-state index < -0.39 is 0 Å². The Kier molecular flexibility index (Phi) is 3.90. The molecule has 1 unspecified atom stereocenters. The Hall–Kier alpha value is -1.58. The Labute approximate surface area is 122 Å². The maximum atomic E-state index is 13.6. The molecule has 0 fully saturated rings. The second-order valence-electron chi connectivity index (χ2n) is 4.84. The van der Waals surface area contributed by atoms with E-state index in [1.54, 1.807) is 12.1 Å². The molecule has 0 saturated carbocycles. The van der Waals surface area contributed by atoms with Gasteiger partial charge in [-0.15, -0.1) is 0 Å². The van der Waals surface area contributed by atoms with E-state index in [-0.39, 0.29) is 11.9 Å². The van der Waals surface area contributed by atoms with Crippen molar-refractivity contribution in [2.45, 2.75) is 19.0 Å². The molecule has 2 aromatic carbocycles. The zero-order valence-corrected chi connectivity index (χ0v) is 11.7. The summed E-state index contributed by atoms with van der Waals surface area (Å²) in [7, 11) is 0. The largest absolute Gasteiger partial charge is 0.493 e. The number of hydrogen-bond acceptors (Lipinski definition) is 2. The number of fused-ring (bicyclic) bond motifs is 1. The zero-order chi connectivity index (χ0) is 13.9. The van der Waals surface area contributed by atoms with E-state index in [1.807, 2.05) is 24.3 Å². The highest BCUT2D eigenvalue weighted by molar-refractivity contribution is 6.30. The fraction of sp³-hybridized carbons (Fsp3) is 0.250. The van der Waals surface area contributed by atoms with Crippen molar-refractivity contribution in [1.29, 1.82) is 0 Å². The molecular weight excluding hydrogens is 277 g/mol. The molecule has 0 spiro atoms. The van der Waals surface area contributed by atoms with Crippen LogP contribution in [0.25, 0.3) is 0 Å². The third-order valence-corrected chi connectivity index (χ3v) is 3.74. The van der Waals surface area contributed by atoms with Crippen molar-refractivity contribution in [1.82, 2.24) is 5.32 Å². The number of benzene rings is 2. The molecule has 1 heterocycles. The summed E-state index contributed by atoms with van der Waals surface area (Å²) < 4.78 is 19.2. The van der Waals surface area contributed by atoms with Crippen molar-refractivity contribution in [2.75, 3.05) is 6.61 Å². The Morgan fingerprint density at radius 2 is 2.10 bits per heavy atom. The summed E-state index contributed by atoms with van der Waals surface area (Å²) >= 11 is 6.04. The predicted molar refractivity (Wildman–Crippen MR) is 77.5 cm³/mol. The predicted octanol–water partition coefficient (Wildman–Crippen LogP) is 4.09. The molecule has 0 radical (unpaired) electrons. The minimum Gasteiger partial charge on any atom is -0.493 e. The molecule has 4 heteroatoms. The van der Waals surface area contributed by atoms with E-state index in [2.05, 4.69) is 5.32 Å². The second kappa shape index (κ2) is 5.81. The van der Waals surface area contributed by atoms with Crippen LogP contribution in [-0.4, -0.2) is 6.61 Å². The standard InChI is InChI=1S/C16H15ClFNO/c17-12-5-6-16-13(9-12)15(7-8-20-16)19-10-11-3-1-2-4-14(11)18/h1-6,9,15,19H,7-8,10H2. The number of halogens is 2. The lowest BCUT2D eigenvalue weighted by molar-refractivity contribution is 0.252. The van der Waals surface area contributed by atoms with Crippen LogP contribution in [0.1, 0.15) is 23.6 Å². The molecule has 0 bridgehead atoms. The second-order valence-corrected chi connectivity index (χ2v) is 5.28. The average Bonchev–Trinajstić information content (AvgIpc) is 2.46. The molecule has 20 heavy (non-hydrogen) atoms. The van der Waals surface area contributed by atoms with Gasteiger partial charge in [0, 0.05) is 35.2 Å². The molecule has 3 rings (SSSR count). The molecule has 0 amide bonds. The van der Waals surface area contributed by atoms with Crippen LogP contribution in [0.3, 0.4) is 0 Å². The van der Waals surface area contributed by atoms with Crippen LogP contribution < -0.4 is 10.1 Å². The third kappa shape index (κ3) is 2.79. The summed E-state index contributed by atoms with van der Waals surface area (Å²) in [6.07, 6.45) is 0.849. The molecule has 1 N–H and O–H groups in total. The van der Waals surface area contributed by atoms with Gasteiger partial charge in [0.05, 0.1) is 6.61 Å². The van der Waals surface area contributed by atoms with Gasteiger partial charge in [0.2, 0.25) is 0 Å². The van der Waals surface area contributed by atoms with Crippen LogP contribution in [0.15, 0.2) is 42.5 Å². The maximum absolute atomic E-state index is 13.6. The first-order valence-electron chi connectivity index (χ1n) is 6.63. The van der Waals surface area contributed by atoms with Crippen LogP contribution in [0.5, 0.6) is 5.75 Å². The smallest absolute Gasteiger partial charge is 0.127 e. The van der Waals surface area contributed by atoms with Crippen LogP contribution >= 0.6 is 11.6 Å². The van der Waals surface area contributed by atoms with Gasteiger partial charge < -0.3 is 10.1 Å².